The minimum absolute atomic E-state index is 0.326. The van der Waals surface area contributed by atoms with Crippen molar-refractivity contribution in [1.82, 2.24) is 10.2 Å². The lowest BCUT2D eigenvalue weighted by Crippen LogP contribution is -2.10. The van der Waals surface area contributed by atoms with Crippen molar-refractivity contribution in [1.29, 1.82) is 0 Å². The first-order valence-electron chi connectivity index (χ1n) is 5.90. The molecule has 0 unspecified atom stereocenters. The molecule has 0 amide bonds. The summed E-state index contributed by atoms with van der Waals surface area (Å²) >= 11 is 3.15. The maximum Gasteiger partial charge on any atom is 0.280 e. The minimum Gasteiger partial charge on any atom is -0.493 e. The number of ether oxygens (including phenoxy) is 2. The van der Waals surface area contributed by atoms with Crippen molar-refractivity contribution in [3.05, 3.63) is 44.8 Å². The second kappa shape index (κ2) is 6.89. The lowest BCUT2D eigenvalue weighted by atomic mass is 10.2. The zero-order chi connectivity index (χ0) is 15.2. The number of methoxy groups -OCH3 is 2. The summed E-state index contributed by atoms with van der Waals surface area (Å²) in [5, 5.41) is 10.0. The van der Waals surface area contributed by atoms with Crippen LogP contribution in [0.1, 0.15) is 5.56 Å². The first kappa shape index (κ1) is 15.0. The highest BCUT2D eigenvalue weighted by Gasteiger charge is 2.07. The maximum absolute atomic E-state index is 11.4. The summed E-state index contributed by atoms with van der Waals surface area (Å²) in [6.07, 6.45) is 3.01. The summed E-state index contributed by atoms with van der Waals surface area (Å²) in [6.45, 7) is 0. The smallest absolute Gasteiger partial charge is 0.280 e. The van der Waals surface area contributed by atoms with Gasteiger partial charge in [0.15, 0.2) is 11.5 Å². The van der Waals surface area contributed by atoms with Crippen LogP contribution in [0.15, 0.2) is 38.8 Å². The molecule has 8 heteroatoms. The predicted octanol–water partition coefficient (Wildman–Crippen LogP) is 2.00. The van der Waals surface area contributed by atoms with E-state index in [1.165, 1.54) is 6.20 Å². The second-order valence-electron chi connectivity index (χ2n) is 3.88. The summed E-state index contributed by atoms with van der Waals surface area (Å²) < 4.78 is 10.8. The van der Waals surface area contributed by atoms with Crippen LogP contribution in [0.25, 0.3) is 0 Å². The number of aromatic nitrogens is 2. The molecule has 0 radical (unpaired) electrons. The number of aromatic amines is 1. The molecule has 1 aromatic carbocycles. The van der Waals surface area contributed by atoms with Crippen LogP contribution in [0.4, 0.5) is 5.69 Å². The van der Waals surface area contributed by atoms with E-state index in [1.54, 1.807) is 26.5 Å². The van der Waals surface area contributed by atoms with Gasteiger partial charge in [0.25, 0.3) is 5.56 Å². The molecule has 0 aliphatic heterocycles. The van der Waals surface area contributed by atoms with E-state index in [2.05, 4.69) is 36.7 Å². The summed E-state index contributed by atoms with van der Waals surface area (Å²) in [6, 6.07) is 5.45. The number of nitrogens with zero attached hydrogens (tertiary/aromatic N) is 2. The van der Waals surface area contributed by atoms with Crippen LogP contribution in [-0.2, 0) is 0 Å². The fourth-order valence-electron chi connectivity index (χ4n) is 1.65. The number of nitrogens with one attached hydrogen (secondary N) is 2. The van der Waals surface area contributed by atoms with E-state index >= 15 is 0 Å². The van der Waals surface area contributed by atoms with Gasteiger partial charge in [-0.3, -0.25) is 10.2 Å². The van der Waals surface area contributed by atoms with Gasteiger partial charge in [-0.1, -0.05) is 6.07 Å². The van der Waals surface area contributed by atoms with Crippen molar-refractivity contribution in [3.63, 3.8) is 0 Å². The number of hydrazone groups is 1. The minimum atomic E-state index is -0.339. The Hall–Kier alpha value is -2.35. The first-order chi connectivity index (χ1) is 10.2. The number of hydrogen-bond donors (Lipinski definition) is 2. The molecule has 0 aliphatic rings. The highest BCUT2D eigenvalue weighted by Crippen LogP contribution is 2.29. The van der Waals surface area contributed by atoms with Gasteiger partial charge in [-0.25, -0.2) is 5.10 Å². The lowest BCUT2D eigenvalue weighted by molar-refractivity contribution is 0.354. The van der Waals surface area contributed by atoms with Crippen LogP contribution < -0.4 is 20.5 Å². The molecule has 0 saturated heterocycles. The normalized spacial score (nSPS) is 10.6. The zero-order valence-electron chi connectivity index (χ0n) is 11.4. The monoisotopic (exact) mass is 352 g/mol. The van der Waals surface area contributed by atoms with Gasteiger partial charge in [0.05, 0.1) is 32.3 Å². The van der Waals surface area contributed by atoms with Gasteiger partial charge in [0.1, 0.15) is 4.47 Å². The SMILES string of the molecule is COc1cccc(C=NNc2cn[nH]c(=O)c2Br)c1OC. The van der Waals surface area contributed by atoms with Crippen LogP contribution in [0, 0.1) is 0 Å². The standard InChI is InChI=1S/C13H13BrN4O3/c1-20-10-5-3-4-8(12(10)21-2)6-15-17-9-7-16-18-13(19)11(9)14/h3-7H,1-2H3,(H2,17,18,19). The summed E-state index contributed by atoms with van der Waals surface area (Å²) in [4.78, 5) is 11.4. The van der Waals surface area contributed by atoms with E-state index in [-0.39, 0.29) is 5.56 Å². The van der Waals surface area contributed by atoms with Crippen molar-refractivity contribution in [2.45, 2.75) is 0 Å². The van der Waals surface area contributed by atoms with Crippen molar-refractivity contribution in [3.8, 4) is 11.5 Å². The van der Waals surface area contributed by atoms with E-state index in [9.17, 15) is 4.79 Å². The zero-order valence-corrected chi connectivity index (χ0v) is 13.0. The number of H-pyrrole nitrogens is 1. The highest BCUT2D eigenvalue weighted by molar-refractivity contribution is 9.10. The molecule has 2 rings (SSSR count). The third-order valence-electron chi connectivity index (χ3n) is 2.62. The van der Waals surface area contributed by atoms with Crippen LogP contribution in [0.5, 0.6) is 11.5 Å². The Morgan fingerprint density at radius 1 is 1.38 bits per heavy atom. The number of rotatable bonds is 5. The van der Waals surface area contributed by atoms with E-state index in [0.717, 1.165) is 5.56 Å². The molecule has 0 atom stereocenters. The van der Waals surface area contributed by atoms with Crippen molar-refractivity contribution in [2.24, 2.45) is 5.10 Å². The number of anilines is 1. The number of benzene rings is 1. The van der Waals surface area contributed by atoms with Gasteiger partial charge in [0.2, 0.25) is 0 Å². The largest absolute Gasteiger partial charge is 0.493 e. The van der Waals surface area contributed by atoms with Gasteiger partial charge in [0, 0.05) is 5.56 Å². The first-order valence-corrected chi connectivity index (χ1v) is 6.70. The molecule has 0 fully saturated rings. The molecular weight excluding hydrogens is 340 g/mol. The lowest BCUT2D eigenvalue weighted by Gasteiger charge is -2.09. The van der Waals surface area contributed by atoms with Gasteiger partial charge in [-0.05, 0) is 28.1 Å². The van der Waals surface area contributed by atoms with Crippen LogP contribution in [0.2, 0.25) is 0 Å². The van der Waals surface area contributed by atoms with Crippen molar-refractivity contribution >= 4 is 27.8 Å². The molecule has 21 heavy (non-hydrogen) atoms. The molecule has 2 N–H and O–H groups in total. The fourth-order valence-corrected chi connectivity index (χ4v) is 1.93. The van der Waals surface area contributed by atoms with Crippen molar-refractivity contribution in [2.75, 3.05) is 19.6 Å². The Bertz CT molecular complexity index is 715. The Balaban J connectivity index is 2.22. The Morgan fingerprint density at radius 2 is 2.19 bits per heavy atom. The van der Waals surface area contributed by atoms with Gasteiger partial charge >= 0.3 is 0 Å². The molecule has 110 valence electrons. The average Bonchev–Trinajstić information content (AvgIpc) is 2.51. The van der Waals surface area contributed by atoms with Gasteiger partial charge in [-0.2, -0.15) is 10.2 Å². The Morgan fingerprint density at radius 3 is 2.90 bits per heavy atom. The summed E-state index contributed by atoms with van der Waals surface area (Å²) in [5.41, 5.74) is 3.59. The van der Waals surface area contributed by atoms with Crippen molar-refractivity contribution < 1.29 is 9.47 Å². The molecule has 1 heterocycles. The number of halogens is 1. The predicted molar refractivity (Wildman–Crippen MR) is 83.3 cm³/mol. The molecule has 0 aliphatic carbocycles. The van der Waals surface area contributed by atoms with E-state index < -0.39 is 0 Å². The van der Waals surface area contributed by atoms with E-state index in [0.29, 0.717) is 21.7 Å². The number of hydrogen-bond acceptors (Lipinski definition) is 6. The van der Waals surface area contributed by atoms with Gasteiger partial charge in [-0.15, -0.1) is 0 Å². The topological polar surface area (TPSA) is 88.6 Å². The van der Waals surface area contributed by atoms with E-state index in [1.807, 2.05) is 12.1 Å². The molecule has 1 aromatic heterocycles. The summed E-state index contributed by atoms with van der Waals surface area (Å²) in [5.74, 6) is 1.19. The van der Waals surface area contributed by atoms with Crippen LogP contribution in [-0.4, -0.2) is 30.6 Å². The fraction of sp³-hybridized carbons (Fsp3) is 0.154. The molecule has 7 nitrogen and oxygen atoms in total. The molecular formula is C13H13BrN4O3. The van der Waals surface area contributed by atoms with Crippen LogP contribution in [0.3, 0.4) is 0 Å². The Kier molecular flexibility index (Phi) is 4.94. The highest BCUT2D eigenvalue weighted by atomic mass is 79.9. The number of para-hydroxylation sites is 1. The third kappa shape index (κ3) is 3.40. The summed E-state index contributed by atoms with van der Waals surface area (Å²) in [7, 11) is 3.12. The average molecular weight is 353 g/mol. The maximum atomic E-state index is 11.4. The second-order valence-corrected chi connectivity index (χ2v) is 4.67. The third-order valence-corrected chi connectivity index (χ3v) is 3.40. The van der Waals surface area contributed by atoms with E-state index in [4.69, 9.17) is 9.47 Å². The Labute approximate surface area is 129 Å². The molecule has 0 saturated carbocycles. The molecule has 2 aromatic rings. The van der Waals surface area contributed by atoms with Gasteiger partial charge < -0.3 is 9.47 Å². The quantitative estimate of drug-likeness (QED) is 0.634. The van der Waals surface area contributed by atoms with Crippen LogP contribution >= 0.6 is 15.9 Å². The molecule has 0 bridgehead atoms. The molecule has 0 spiro atoms.